The van der Waals surface area contributed by atoms with Gasteiger partial charge in [0, 0.05) is 28.3 Å². The van der Waals surface area contributed by atoms with Gasteiger partial charge in [0.1, 0.15) is 5.75 Å². The van der Waals surface area contributed by atoms with Crippen LogP contribution in [0.15, 0.2) is 59.7 Å². The van der Waals surface area contributed by atoms with E-state index < -0.39 is 5.91 Å². The van der Waals surface area contributed by atoms with Crippen molar-refractivity contribution < 1.29 is 19.5 Å². The number of carbonyl (C=O) groups is 3. The van der Waals surface area contributed by atoms with Crippen LogP contribution in [0.25, 0.3) is 10.8 Å². The number of imide groups is 1. The molecule has 3 aromatic carbocycles. The summed E-state index contributed by atoms with van der Waals surface area (Å²) in [5, 5.41) is 15.4. The van der Waals surface area contributed by atoms with Gasteiger partial charge in [-0.2, -0.15) is 5.10 Å². The molecule has 38 heavy (non-hydrogen) atoms. The van der Waals surface area contributed by atoms with Crippen LogP contribution >= 0.6 is 11.6 Å². The van der Waals surface area contributed by atoms with Crippen LogP contribution in [-0.4, -0.2) is 29.0 Å². The number of nitrogens with one attached hydrogen (secondary N) is 1. The normalized spacial score (nSPS) is 16.3. The molecule has 0 atom stereocenters. The number of benzene rings is 3. The Bertz CT molecular complexity index is 1380. The van der Waals surface area contributed by atoms with Crippen molar-refractivity contribution in [3.63, 3.8) is 0 Å². The zero-order valence-electron chi connectivity index (χ0n) is 21.0. The number of hydrogen-bond acceptors (Lipinski definition) is 5. The molecule has 196 valence electrons. The molecule has 0 aromatic heterocycles. The molecular weight excluding hydrogens is 502 g/mol. The van der Waals surface area contributed by atoms with E-state index in [1.54, 1.807) is 0 Å². The molecule has 0 radical (unpaired) electrons. The Morgan fingerprint density at radius 2 is 1.47 bits per heavy atom. The smallest absolute Gasteiger partial charge is 0.271 e. The second kappa shape index (κ2) is 11.4. The van der Waals surface area contributed by atoms with E-state index in [9.17, 15) is 19.5 Å². The van der Waals surface area contributed by atoms with Gasteiger partial charge in [0.25, 0.3) is 5.91 Å². The molecule has 8 heteroatoms. The molecule has 0 spiro atoms. The summed E-state index contributed by atoms with van der Waals surface area (Å²) < 4.78 is 0. The van der Waals surface area contributed by atoms with Crippen LogP contribution in [0, 0.1) is 11.8 Å². The number of anilines is 1. The molecule has 0 bridgehead atoms. The molecule has 2 saturated carbocycles. The number of carbonyl (C=O) groups excluding carboxylic acids is 3. The van der Waals surface area contributed by atoms with E-state index >= 15 is 0 Å². The van der Waals surface area contributed by atoms with E-state index in [4.69, 9.17) is 11.6 Å². The Kier molecular flexibility index (Phi) is 7.74. The highest BCUT2D eigenvalue weighted by Crippen LogP contribution is 2.36. The van der Waals surface area contributed by atoms with Crippen molar-refractivity contribution in [2.24, 2.45) is 16.9 Å². The SMILES string of the molecule is O=C(N/N=C/c1ccc(N(C(=O)C2CCCC2)C(=O)C2CCCC2)c2ccccc12)c1ccc(O)c(Cl)c1. The molecule has 2 N–H and O–H groups in total. The Hall–Kier alpha value is -3.71. The van der Waals surface area contributed by atoms with Gasteiger partial charge in [0.05, 0.1) is 16.9 Å². The molecule has 3 amide bonds. The summed E-state index contributed by atoms with van der Waals surface area (Å²) in [6.45, 7) is 0. The van der Waals surface area contributed by atoms with Crippen molar-refractivity contribution in [3.8, 4) is 5.75 Å². The quantitative estimate of drug-likeness (QED) is 0.224. The summed E-state index contributed by atoms with van der Waals surface area (Å²) in [5.74, 6) is -1.01. The number of rotatable bonds is 6. The third kappa shape index (κ3) is 5.29. The standard InChI is InChI=1S/C30H30ClN3O4/c31-25-17-21(14-16-27(25)35)28(36)33-32-18-22-13-15-26(24-12-6-5-11-23(22)24)34(29(37)19-7-1-2-8-19)30(38)20-9-3-4-10-20/h5-6,11-20,35H,1-4,7-10H2,(H,33,36)/b32-18+. The number of hydrogen-bond donors (Lipinski definition) is 2. The summed E-state index contributed by atoms with van der Waals surface area (Å²) in [6.07, 6.45) is 8.88. The van der Waals surface area contributed by atoms with Gasteiger partial charge >= 0.3 is 0 Å². The summed E-state index contributed by atoms with van der Waals surface area (Å²) >= 11 is 5.90. The number of phenols is 1. The second-order valence-corrected chi connectivity index (χ2v) is 10.5. The highest BCUT2D eigenvalue weighted by molar-refractivity contribution is 6.32. The van der Waals surface area contributed by atoms with Crippen LogP contribution < -0.4 is 10.3 Å². The van der Waals surface area contributed by atoms with Gasteiger partial charge in [-0.1, -0.05) is 67.6 Å². The first-order valence-electron chi connectivity index (χ1n) is 13.2. The van der Waals surface area contributed by atoms with Crippen LogP contribution in [-0.2, 0) is 9.59 Å². The molecule has 2 aliphatic rings. The number of hydrazone groups is 1. The fourth-order valence-corrected chi connectivity index (χ4v) is 5.72. The Labute approximate surface area is 226 Å². The molecule has 3 aromatic rings. The zero-order chi connectivity index (χ0) is 26.6. The van der Waals surface area contributed by atoms with Crippen molar-refractivity contribution in [2.75, 3.05) is 4.90 Å². The predicted octanol–water partition coefficient (Wildman–Crippen LogP) is 6.20. The number of amides is 3. The van der Waals surface area contributed by atoms with E-state index in [1.165, 1.54) is 29.3 Å². The average molecular weight is 532 g/mol. The molecule has 0 heterocycles. The van der Waals surface area contributed by atoms with Crippen LogP contribution in [0.3, 0.4) is 0 Å². The third-order valence-corrected chi connectivity index (χ3v) is 7.91. The first-order valence-corrected chi connectivity index (χ1v) is 13.5. The molecule has 0 unspecified atom stereocenters. The maximum Gasteiger partial charge on any atom is 0.271 e. The maximum atomic E-state index is 13.7. The Morgan fingerprint density at radius 3 is 2.08 bits per heavy atom. The van der Waals surface area contributed by atoms with Crippen molar-refractivity contribution in [2.45, 2.75) is 51.4 Å². The lowest BCUT2D eigenvalue weighted by atomic mass is 9.98. The van der Waals surface area contributed by atoms with Crippen LogP contribution in [0.4, 0.5) is 5.69 Å². The minimum absolute atomic E-state index is 0.0760. The molecule has 0 saturated heterocycles. The molecule has 0 aliphatic heterocycles. The zero-order valence-corrected chi connectivity index (χ0v) is 21.8. The lowest BCUT2D eigenvalue weighted by molar-refractivity contribution is -0.130. The summed E-state index contributed by atoms with van der Waals surface area (Å²) in [6, 6.07) is 15.4. The minimum Gasteiger partial charge on any atom is -0.506 e. The first-order chi connectivity index (χ1) is 18.4. The lowest BCUT2D eigenvalue weighted by Crippen LogP contribution is -2.43. The van der Waals surface area contributed by atoms with Crippen molar-refractivity contribution >= 4 is 52.0 Å². The van der Waals surface area contributed by atoms with Gasteiger partial charge in [-0.25, -0.2) is 10.3 Å². The number of fused-ring (bicyclic) bond motifs is 1. The number of nitrogens with zero attached hydrogens (tertiary/aromatic N) is 2. The monoisotopic (exact) mass is 531 g/mol. The van der Waals surface area contributed by atoms with Gasteiger partial charge in [0.15, 0.2) is 0 Å². The van der Waals surface area contributed by atoms with Gasteiger partial charge in [-0.3, -0.25) is 14.4 Å². The Balaban J connectivity index is 1.45. The van der Waals surface area contributed by atoms with E-state index in [0.29, 0.717) is 5.69 Å². The van der Waals surface area contributed by atoms with Crippen molar-refractivity contribution in [1.82, 2.24) is 5.43 Å². The highest BCUT2D eigenvalue weighted by Gasteiger charge is 2.37. The van der Waals surface area contributed by atoms with Gasteiger partial charge in [-0.15, -0.1) is 0 Å². The van der Waals surface area contributed by atoms with Crippen molar-refractivity contribution in [1.29, 1.82) is 0 Å². The minimum atomic E-state index is -0.473. The van der Waals surface area contributed by atoms with E-state index in [1.807, 2.05) is 36.4 Å². The number of halogens is 1. The molecule has 7 nitrogen and oxygen atoms in total. The van der Waals surface area contributed by atoms with E-state index in [0.717, 1.165) is 67.7 Å². The van der Waals surface area contributed by atoms with Crippen LogP contribution in [0.2, 0.25) is 5.02 Å². The maximum absolute atomic E-state index is 13.7. The predicted molar refractivity (Wildman–Crippen MR) is 149 cm³/mol. The third-order valence-electron chi connectivity index (χ3n) is 7.60. The fourth-order valence-electron chi connectivity index (χ4n) is 5.54. The lowest BCUT2D eigenvalue weighted by Gasteiger charge is -2.28. The van der Waals surface area contributed by atoms with E-state index in [2.05, 4.69) is 10.5 Å². The summed E-state index contributed by atoms with van der Waals surface area (Å²) in [7, 11) is 0. The largest absolute Gasteiger partial charge is 0.506 e. The van der Waals surface area contributed by atoms with E-state index in [-0.39, 0.29) is 40.0 Å². The summed E-state index contributed by atoms with van der Waals surface area (Å²) in [5.41, 5.74) is 4.08. The first kappa shape index (κ1) is 25.9. The Morgan fingerprint density at radius 1 is 0.868 bits per heavy atom. The number of phenolic OH excluding ortho intramolecular Hbond substituents is 1. The van der Waals surface area contributed by atoms with Crippen molar-refractivity contribution in [3.05, 3.63) is 70.7 Å². The molecule has 2 fully saturated rings. The molecular formula is C30H30ClN3O4. The highest BCUT2D eigenvalue weighted by atomic mass is 35.5. The second-order valence-electron chi connectivity index (χ2n) is 10.1. The fraction of sp³-hybridized carbons (Fsp3) is 0.333. The average Bonchev–Trinajstić information content (AvgIpc) is 3.66. The molecule has 2 aliphatic carbocycles. The van der Waals surface area contributed by atoms with Crippen LogP contribution in [0.1, 0.15) is 67.3 Å². The molecule has 5 rings (SSSR count). The van der Waals surface area contributed by atoms with Gasteiger partial charge in [-0.05, 0) is 55.3 Å². The topological polar surface area (TPSA) is 99.1 Å². The summed E-state index contributed by atoms with van der Waals surface area (Å²) in [4.78, 5) is 41.3. The van der Waals surface area contributed by atoms with Gasteiger partial charge in [0.2, 0.25) is 11.8 Å². The van der Waals surface area contributed by atoms with Gasteiger partial charge < -0.3 is 5.11 Å². The van der Waals surface area contributed by atoms with Crippen LogP contribution in [0.5, 0.6) is 5.75 Å². The number of aromatic hydroxyl groups is 1.